The van der Waals surface area contributed by atoms with Crippen molar-refractivity contribution in [3.05, 3.63) is 0 Å². The molecule has 110 valence electrons. The SMILES string of the molecule is O=S(OC1COS(O)(O)C1)OC1COS(O)(O)C1. The second-order valence-corrected chi connectivity index (χ2v) is 8.11. The summed E-state index contributed by atoms with van der Waals surface area (Å²) in [7, 11) is -6.20. The summed E-state index contributed by atoms with van der Waals surface area (Å²) in [5.41, 5.74) is 0. The van der Waals surface area contributed by atoms with Gasteiger partial charge in [0.05, 0.1) is 46.5 Å². The molecule has 0 amide bonds. The smallest absolute Gasteiger partial charge is 0.305 e. The van der Waals surface area contributed by atoms with Gasteiger partial charge in [-0.1, -0.05) is 0 Å². The lowest BCUT2D eigenvalue weighted by atomic mass is 10.5. The molecule has 2 fully saturated rings. The minimum atomic E-state index is -3.10. The Morgan fingerprint density at radius 1 is 0.944 bits per heavy atom. The molecule has 0 spiro atoms. The van der Waals surface area contributed by atoms with Crippen molar-refractivity contribution in [2.75, 3.05) is 24.7 Å². The summed E-state index contributed by atoms with van der Waals surface area (Å²) in [6.45, 7) is -0.179. The first-order chi connectivity index (χ1) is 8.26. The van der Waals surface area contributed by atoms with Crippen LogP contribution in [0.5, 0.6) is 0 Å². The van der Waals surface area contributed by atoms with Gasteiger partial charge in [0.15, 0.2) is 0 Å². The van der Waals surface area contributed by atoms with Crippen LogP contribution in [0.1, 0.15) is 0 Å². The number of hydrogen-bond acceptors (Lipinski definition) is 9. The highest BCUT2D eigenvalue weighted by molar-refractivity contribution is 8.20. The number of rotatable bonds is 4. The molecule has 9 nitrogen and oxygen atoms in total. The lowest BCUT2D eigenvalue weighted by molar-refractivity contribution is 0.131. The van der Waals surface area contributed by atoms with Crippen LogP contribution in [-0.4, -0.2) is 59.3 Å². The van der Waals surface area contributed by atoms with Gasteiger partial charge in [-0.3, -0.25) is 16.7 Å². The summed E-state index contributed by atoms with van der Waals surface area (Å²) < 4.78 is 67.1. The van der Waals surface area contributed by atoms with E-state index in [4.69, 9.17) is 26.6 Å². The third-order valence-corrected chi connectivity index (χ3v) is 5.62. The third-order valence-electron chi connectivity index (χ3n) is 2.12. The Morgan fingerprint density at radius 3 is 1.61 bits per heavy atom. The lowest BCUT2D eigenvalue weighted by Crippen LogP contribution is -2.24. The molecule has 2 aliphatic heterocycles. The molecule has 12 heteroatoms. The molecular weight excluding hydrogens is 312 g/mol. The lowest BCUT2D eigenvalue weighted by Gasteiger charge is -2.18. The molecule has 2 heterocycles. The standard InChI is InChI=1S/C6H14O9S3/c7-16(14-5-1-12-17(8,9)3-5)15-6-2-13-18(10,11)4-6/h5-6,8-11H,1-4H2. The monoisotopic (exact) mass is 326 g/mol. The fraction of sp³-hybridized carbons (Fsp3) is 1.00. The second kappa shape index (κ2) is 5.49. The van der Waals surface area contributed by atoms with Crippen LogP contribution in [0.3, 0.4) is 0 Å². The Kier molecular flexibility index (Phi) is 4.56. The van der Waals surface area contributed by atoms with Crippen molar-refractivity contribution in [1.82, 2.24) is 0 Å². The highest BCUT2D eigenvalue weighted by Crippen LogP contribution is 2.47. The molecule has 0 aromatic rings. The molecule has 0 radical (unpaired) electrons. The van der Waals surface area contributed by atoms with Gasteiger partial charge < -0.3 is 18.2 Å². The van der Waals surface area contributed by atoms with Crippen molar-refractivity contribution < 1.29 is 39.2 Å². The minimum Gasteiger partial charge on any atom is -0.308 e. The van der Waals surface area contributed by atoms with Crippen LogP contribution in [0.2, 0.25) is 0 Å². The van der Waals surface area contributed by atoms with Crippen LogP contribution in [0.15, 0.2) is 0 Å². The van der Waals surface area contributed by atoms with Gasteiger partial charge in [-0.25, -0.2) is 0 Å². The van der Waals surface area contributed by atoms with Gasteiger partial charge in [0, 0.05) is 0 Å². The molecule has 0 saturated carbocycles. The topological polar surface area (TPSA) is 135 Å². The molecule has 2 unspecified atom stereocenters. The molecule has 2 aliphatic rings. The van der Waals surface area contributed by atoms with Crippen LogP contribution in [-0.2, 0) is 28.1 Å². The molecule has 0 bridgehead atoms. The van der Waals surface area contributed by atoms with Crippen molar-refractivity contribution in [3.63, 3.8) is 0 Å². The largest absolute Gasteiger partial charge is 0.308 e. The summed E-state index contributed by atoms with van der Waals surface area (Å²) in [5.74, 6) is -0.336. The van der Waals surface area contributed by atoms with Crippen molar-refractivity contribution in [1.29, 1.82) is 0 Å². The summed E-state index contributed by atoms with van der Waals surface area (Å²) in [4.78, 5) is 0. The zero-order valence-electron chi connectivity index (χ0n) is 9.04. The Bertz CT molecular complexity index is 304. The maximum absolute atomic E-state index is 11.4. The van der Waals surface area contributed by atoms with Crippen LogP contribution in [0.4, 0.5) is 0 Å². The van der Waals surface area contributed by atoms with E-state index in [1.165, 1.54) is 0 Å². The van der Waals surface area contributed by atoms with E-state index in [0.717, 1.165) is 0 Å². The van der Waals surface area contributed by atoms with Crippen molar-refractivity contribution >= 4 is 33.1 Å². The van der Waals surface area contributed by atoms with E-state index in [1.54, 1.807) is 0 Å². The summed E-state index contributed by atoms with van der Waals surface area (Å²) >= 11 is -2.14. The zero-order chi connectivity index (χ0) is 13.4. The highest BCUT2D eigenvalue weighted by atomic mass is 32.3. The highest BCUT2D eigenvalue weighted by Gasteiger charge is 2.37. The van der Waals surface area contributed by atoms with Gasteiger partial charge in [-0.05, 0) is 0 Å². The molecule has 18 heavy (non-hydrogen) atoms. The first kappa shape index (κ1) is 14.9. The maximum Gasteiger partial charge on any atom is 0.305 e. The van der Waals surface area contributed by atoms with Gasteiger partial charge in [0.2, 0.25) is 0 Å². The Morgan fingerprint density at radius 2 is 1.33 bits per heavy atom. The molecular formula is C6H14O9S3. The normalized spacial score (nSPS) is 39.3. The predicted octanol–water partition coefficient (Wildman–Crippen LogP) is 0.727. The fourth-order valence-corrected chi connectivity index (χ4v) is 4.54. The zero-order valence-corrected chi connectivity index (χ0v) is 11.5. The Hall–Kier alpha value is 0.530. The molecule has 0 aromatic carbocycles. The summed E-state index contributed by atoms with van der Waals surface area (Å²) in [6.07, 6.45) is -1.47. The second-order valence-electron chi connectivity index (χ2n) is 3.76. The van der Waals surface area contributed by atoms with E-state index < -0.39 is 45.3 Å². The van der Waals surface area contributed by atoms with Crippen LogP contribution < -0.4 is 0 Å². The predicted molar refractivity (Wildman–Crippen MR) is 65.2 cm³/mol. The number of hydrogen-bond donors (Lipinski definition) is 4. The summed E-state index contributed by atoms with van der Waals surface area (Å²) in [5, 5.41) is 0. The molecule has 2 saturated heterocycles. The third kappa shape index (κ3) is 4.28. The first-order valence-corrected chi connectivity index (χ1v) is 9.10. The quantitative estimate of drug-likeness (QED) is 0.589. The molecule has 2 rings (SSSR count). The van der Waals surface area contributed by atoms with Crippen LogP contribution in [0, 0.1) is 0 Å². The van der Waals surface area contributed by atoms with Gasteiger partial charge in [-0.2, -0.15) is 4.21 Å². The van der Waals surface area contributed by atoms with Crippen molar-refractivity contribution in [3.8, 4) is 0 Å². The van der Waals surface area contributed by atoms with E-state index in [9.17, 15) is 4.21 Å². The van der Waals surface area contributed by atoms with Gasteiger partial charge in [-0.15, -0.1) is 0 Å². The molecule has 4 N–H and O–H groups in total. The average molecular weight is 326 g/mol. The van der Waals surface area contributed by atoms with Crippen molar-refractivity contribution in [2.45, 2.75) is 12.2 Å². The Balaban J connectivity index is 1.73. The van der Waals surface area contributed by atoms with Crippen LogP contribution in [0.25, 0.3) is 0 Å². The van der Waals surface area contributed by atoms with Gasteiger partial charge >= 0.3 is 11.4 Å². The summed E-state index contributed by atoms with van der Waals surface area (Å²) in [6, 6.07) is 0. The van der Waals surface area contributed by atoms with E-state index in [0.29, 0.717) is 0 Å². The molecule has 2 atom stereocenters. The molecule has 0 aromatic heterocycles. The van der Waals surface area contributed by atoms with Crippen LogP contribution >= 0.6 is 21.7 Å². The average Bonchev–Trinajstić information content (AvgIpc) is 2.69. The molecule has 0 aliphatic carbocycles. The first-order valence-electron chi connectivity index (χ1n) is 4.82. The van der Waals surface area contributed by atoms with E-state index >= 15 is 0 Å². The minimum absolute atomic E-state index is 0.0895. The van der Waals surface area contributed by atoms with Crippen molar-refractivity contribution in [2.24, 2.45) is 0 Å². The van der Waals surface area contributed by atoms with E-state index in [2.05, 4.69) is 8.37 Å². The maximum atomic E-state index is 11.4. The van der Waals surface area contributed by atoms with Gasteiger partial charge in [0.25, 0.3) is 0 Å². The fourth-order valence-electron chi connectivity index (χ4n) is 1.40. The Labute approximate surface area is 109 Å². The van der Waals surface area contributed by atoms with E-state index in [1.807, 2.05) is 0 Å². The van der Waals surface area contributed by atoms with Gasteiger partial charge in [0.1, 0.15) is 12.2 Å². The van der Waals surface area contributed by atoms with E-state index in [-0.39, 0.29) is 24.7 Å².